The van der Waals surface area contributed by atoms with Crippen LogP contribution in [0.1, 0.15) is 47.0 Å². The highest BCUT2D eigenvalue weighted by atomic mass is 16.3. The van der Waals surface area contributed by atoms with Crippen LogP contribution >= 0.6 is 0 Å². The minimum Gasteiger partial charge on any atom is -0.392 e. The lowest BCUT2D eigenvalue weighted by atomic mass is 9.85. The summed E-state index contributed by atoms with van der Waals surface area (Å²) in [6, 6.07) is 0. The molecule has 18 heavy (non-hydrogen) atoms. The van der Waals surface area contributed by atoms with Gasteiger partial charge < -0.3 is 15.3 Å². The van der Waals surface area contributed by atoms with Crippen molar-refractivity contribution in [2.45, 2.75) is 53.1 Å². The molecule has 3 nitrogen and oxygen atoms in total. The second-order valence-corrected chi connectivity index (χ2v) is 6.41. The van der Waals surface area contributed by atoms with E-state index in [1.165, 1.54) is 12.8 Å². The molecular formula is C15H32N2O. The highest BCUT2D eigenvalue weighted by Gasteiger charge is 2.30. The van der Waals surface area contributed by atoms with Gasteiger partial charge in [0.05, 0.1) is 6.10 Å². The van der Waals surface area contributed by atoms with Gasteiger partial charge in [-0.1, -0.05) is 27.7 Å². The van der Waals surface area contributed by atoms with Gasteiger partial charge >= 0.3 is 0 Å². The first-order chi connectivity index (χ1) is 8.50. The van der Waals surface area contributed by atoms with Crippen molar-refractivity contribution in [2.75, 3.05) is 32.7 Å². The van der Waals surface area contributed by atoms with Crippen molar-refractivity contribution in [3.05, 3.63) is 0 Å². The Morgan fingerprint density at radius 1 is 1.39 bits per heavy atom. The second kappa shape index (κ2) is 7.46. The summed E-state index contributed by atoms with van der Waals surface area (Å²) >= 11 is 0. The van der Waals surface area contributed by atoms with Gasteiger partial charge in [0.15, 0.2) is 0 Å². The molecule has 108 valence electrons. The Labute approximate surface area is 113 Å². The zero-order chi connectivity index (χ0) is 13.6. The van der Waals surface area contributed by atoms with Gasteiger partial charge in [-0.3, -0.25) is 0 Å². The van der Waals surface area contributed by atoms with Gasteiger partial charge in [-0.15, -0.1) is 0 Å². The molecule has 0 amide bonds. The van der Waals surface area contributed by atoms with E-state index in [0.29, 0.717) is 11.3 Å². The predicted molar refractivity (Wildman–Crippen MR) is 77.8 cm³/mol. The number of hydrogen-bond donors (Lipinski definition) is 2. The molecule has 1 rings (SSSR count). The van der Waals surface area contributed by atoms with Gasteiger partial charge in [-0.2, -0.15) is 0 Å². The van der Waals surface area contributed by atoms with E-state index in [1.54, 1.807) is 0 Å². The molecule has 0 aromatic heterocycles. The van der Waals surface area contributed by atoms with Crippen LogP contribution < -0.4 is 5.32 Å². The van der Waals surface area contributed by atoms with Crippen LogP contribution in [0.3, 0.4) is 0 Å². The van der Waals surface area contributed by atoms with Crippen LogP contribution in [0.25, 0.3) is 0 Å². The summed E-state index contributed by atoms with van der Waals surface area (Å²) in [7, 11) is 0. The van der Waals surface area contributed by atoms with E-state index in [0.717, 1.165) is 39.1 Å². The summed E-state index contributed by atoms with van der Waals surface area (Å²) < 4.78 is 0. The monoisotopic (exact) mass is 256 g/mol. The average molecular weight is 256 g/mol. The summed E-state index contributed by atoms with van der Waals surface area (Å²) in [6.45, 7) is 14.3. The van der Waals surface area contributed by atoms with E-state index >= 15 is 0 Å². The number of piperidine rings is 1. The summed E-state index contributed by atoms with van der Waals surface area (Å²) in [6.07, 6.45) is 3.37. The first-order valence-electron chi connectivity index (χ1n) is 7.62. The SMILES string of the molecule is CCCNCC(C)(CC)CN1CCC(C)C(O)C1. The van der Waals surface area contributed by atoms with Gasteiger partial charge in [-0.25, -0.2) is 0 Å². The van der Waals surface area contributed by atoms with Gasteiger partial charge in [-0.05, 0) is 43.7 Å². The quantitative estimate of drug-likeness (QED) is 0.685. The van der Waals surface area contributed by atoms with Crippen LogP contribution in [-0.4, -0.2) is 48.8 Å². The Morgan fingerprint density at radius 2 is 2.11 bits per heavy atom. The predicted octanol–water partition coefficient (Wildman–Crippen LogP) is 2.11. The van der Waals surface area contributed by atoms with Gasteiger partial charge in [0, 0.05) is 19.6 Å². The molecule has 0 saturated carbocycles. The van der Waals surface area contributed by atoms with Crippen molar-refractivity contribution >= 4 is 0 Å². The molecule has 0 aromatic rings. The molecule has 0 bridgehead atoms. The summed E-state index contributed by atoms with van der Waals surface area (Å²) in [5.74, 6) is 0.465. The minimum atomic E-state index is -0.136. The maximum atomic E-state index is 9.97. The Kier molecular flexibility index (Phi) is 6.61. The van der Waals surface area contributed by atoms with Crippen LogP contribution in [0, 0.1) is 11.3 Å². The van der Waals surface area contributed by atoms with Crippen molar-refractivity contribution in [3.63, 3.8) is 0 Å². The molecule has 0 spiro atoms. The topological polar surface area (TPSA) is 35.5 Å². The second-order valence-electron chi connectivity index (χ2n) is 6.41. The number of aliphatic hydroxyl groups is 1. The number of nitrogens with one attached hydrogen (secondary N) is 1. The van der Waals surface area contributed by atoms with Gasteiger partial charge in [0.1, 0.15) is 0 Å². The lowest BCUT2D eigenvalue weighted by molar-refractivity contribution is 0.0115. The van der Waals surface area contributed by atoms with Crippen LogP contribution in [0.4, 0.5) is 0 Å². The molecule has 2 N–H and O–H groups in total. The third kappa shape index (κ3) is 4.87. The Balaban J connectivity index is 2.41. The number of β-amino-alcohol motifs (C(OH)–C–C–N with tert-alkyl or cyclic N) is 1. The number of hydrogen-bond acceptors (Lipinski definition) is 3. The van der Waals surface area contributed by atoms with Crippen LogP contribution in [0.5, 0.6) is 0 Å². The Bertz CT molecular complexity index is 235. The zero-order valence-electron chi connectivity index (χ0n) is 12.7. The van der Waals surface area contributed by atoms with Crippen molar-refractivity contribution in [2.24, 2.45) is 11.3 Å². The average Bonchev–Trinajstić information content (AvgIpc) is 2.34. The maximum absolute atomic E-state index is 9.97. The maximum Gasteiger partial charge on any atom is 0.0693 e. The number of nitrogens with zero attached hydrogens (tertiary/aromatic N) is 1. The van der Waals surface area contributed by atoms with E-state index in [4.69, 9.17) is 0 Å². The molecule has 1 fully saturated rings. The van der Waals surface area contributed by atoms with E-state index < -0.39 is 0 Å². The van der Waals surface area contributed by atoms with Crippen molar-refractivity contribution in [1.29, 1.82) is 0 Å². The smallest absolute Gasteiger partial charge is 0.0693 e. The number of aliphatic hydroxyl groups excluding tert-OH is 1. The van der Waals surface area contributed by atoms with Crippen molar-refractivity contribution in [1.82, 2.24) is 10.2 Å². The van der Waals surface area contributed by atoms with Gasteiger partial charge in [0.2, 0.25) is 0 Å². The minimum absolute atomic E-state index is 0.136. The van der Waals surface area contributed by atoms with E-state index in [2.05, 4.69) is 37.9 Å². The zero-order valence-corrected chi connectivity index (χ0v) is 12.7. The summed E-state index contributed by atoms with van der Waals surface area (Å²) in [5, 5.41) is 13.5. The molecule has 1 aliphatic rings. The fraction of sp³-hybridized carbons (Fsp3) is 1.00. The van der Waals surface area contributed by atoms with Crippen molar-refractivity contribution in [3.8, 4) is 0 Å². The van der Waals surface area contributed by atoms with Crippen LogP contribution in [0.15, 0.2) is 0 Å². The molecule has 3 atom stereocenters. The molecule has 1 aliphatic heterocycles. The third-order valence-electron chi connectivity index (χ3n) is 4.44. The fourth-order valence-corrected chi connectivity index (χ4v) is 2.66. The highest BCUT2D eigenvalue weighted by Crippen LogP contribution is 2.25. The summed E-state index contributed by atoms with van der Waals surface area (Å²) in [5.41, 5.74) is 0.329. The highest BCUT2D eigenvalue weighted by molar-refractivity contribution is 4.84. The molecule has 0 aliphatic carbocycles. The largest absolute Gasteiger partial charge is 0.392 e. The fourth-order valence-electron chi connectivity index (χ4n) is 2.66. The molecule has 0 aromatic carbocycles. The molecular weight excluding hydrogens is 224 g/mol. The van der Waals surface area contributed by atoms with E-state index in [1.807, 2.05) is 0 Å². The normalized spacial score (nSPS) is 29.2. The van der Waals surface area contributed by atoms with E-state index in [9.17, 15) is 5.11 Å². The first-order valence-corrected chi connectivity index (χ1v) is 7.62. The summed E-state index contributed by atoms with van der Waals surface area (Å²) in [4.78, 5) is 2.45. The van der Waals surface area contributed by atoms with Gasteiger partial charge in [0.25, 0.3) is 0 Å². The van der Waals surface area contributed by atoms with Crippen LogP contribution in [0.2, 0.25) is 0 Å². The lowest BCUT2D eigenvalue weighted by Gasteiger charge is -2.40. The molecule has 0 radical (unpaired) electrons. The Morgan fingerprint density at radius 3 is 2.67 bits per heavy atom. The molecule has 3 heteroatoms. The number of likely N-dealkylation sites (tertiary alicyclic amines) is 1. The molecule has 3 unspecified atom stereocenters. The standard InChI is InChI=1S/C15H32N2O/c1-5-8-16-11-15(4,6-2)12-17-9-7-13(3)14(18)10-17/h13-14,16,18H,5-12H2,1-4H3. The molecule has 1 saturated heterocycles. The van der Waals surface area contributed by atoms with Crippen molar-refractivity contribution < 1.29 is 5.11 Å². The Hall–Kier alpha value is -0.120. The lowest BCUT2D eigenvalue weighted by Crippen LogP contribution is -2.49. The first kappa shape index (κ1) is 15.9. The van der Waals surface area contributed by atoms with Crippen LogP contribution in [-0.2, 0) is 0 Å². The third-order valence-corrected chi connectivity index (χ3v) is 4.44. The number of rotatable bonds is 7. The van der Waals surface area contributed by atoms with E-state index in [-0.39, 0.29) is 6.10 Å². The molecule has 1 heterocycles.